The number of allylic oxidation sites excluding steroid dienone is 1. The third-order valence-electron chi connectivity index (χ3n) is 4.07. The Morgan fingerprint density at radius 3 is 2.71 bits per heavy atom. The number of rotatable bonds is 4. The number of aliphatic hydroxyl groups is 1. The van der Waals surface area contributed by atoms with Crippen LogP contribution in [0.3, 0.4) is 0 Å². The van der Waals surface area contributed by atoms with E-state index in [1.807, 2.05) is 18.2 Å². The molecular weight excluding hydrogens is 320 g/mol. The maximum Gasteiger partial charge on any atom is 0.209 e. The molecule has 24 heavy (non-hydrogen) atoms. The summed E-state index contributed by atoms with van der Waals surface area (Å²) in [5.74, 6) is -0.275. The maximum atomic E-state index is 11.9. The fourth-order valence-electron chi connectivity index (χ4n) is 2.76. The quantitative estimate of drug-likeness (QED) is 0.381. The van der Waals surface area contributed by atoms with Gasteiger partial charge in [0.2, 0.25) is 5.13 Å². The topological polar surface area (TPSA) is 62.5 Å². The van der Waals surface area contributed by atoms with Crippen LogP contribution in [0.2, 0.25) is 0 Å². The van der Waals surface area contributed by atoms with Crippen LogP contribution in [0.5, 0.6) is 0 Å². The number of carbonyl (C=O) groups is 1. The lowest BCUT2D eigenvalue weighted by atomic mass is 10.1. The summed E-state index contributed by atoms with van der Waals surface area (Å²) in [5.41, 5.74) is 1.95. The van der Waals surface area contributed by atoms with Crippen molar-refractivity contribution in [3.63, 3.8) is 0 Å². The molecule has 0 radical (unpaired) electrons. The van der Waals surface area contributed by atoms with Gasteiger partial charge < -0.3 is 5.11 Å². The molecule has 5 heteroatoms. The Kier molecular flexibility index (Phi) is 5.20. The first-order valence-electron chi connectivity index (χ1n) is 8.17. The van der Waals surface area contributed by atoms with E-state index in [9.17, 15) is 9.90 Å². The number of aryl methyl sites for hydroxylation is 2. The molecule has 0 amide bonds. The number of hydrogen-bond donors (Lipinski definition) is 1. The number of aliphatic imine (C=N–C) groups is 1. The standard InChI is InChI=1S/C19H20N2O2S/c1-13(22)15(18(23)14-8-4-2-5-9-14)12-20-19-21-16-10-6-3-7-11-17(16)24-19/h2,4-5,8-9,12,23H,3,6-7,10-11H2,1H3/b18-15+,20-12+. The third kappa shape index (κ3) is 3.79. The second-order valence-electron chi connectivity index (χ2n) is 5.87. The van der Waals surface area contributed by atoms with Crippen molar-refractivity contribution < 1.29 is 9.90 Å². The number of ketones is 1. The first kappa shape index (κ1) is 16.6. The zero-order valence-electron chi connectivity index (χ0n) is 13.7. The molecule has 1 aromatic heterocycles. The van der Waals surface area contributed by atoms with Gasteiger partial charge in [-0.25, -0.2) is 9.98 Å². The van der Waals surface area contributed by atoms with Crippen molar-refractivity contribution in [3.8, 4) is 0 Å². The fourth-order valence-corrected chi connectivity index (χ4v) is 3.75. The lowest BCUT2D eigenvalue weighted by molar-refractivity contribution is -0.113. The summed E-state index contributed by atoms with van der Waals surface area (Å²) in [5, 5.41) is 11.0. The van der Waals surface area contributed by atoms with Crippen LogP contribution in [-0.4, -0.2) is 22.1 Å². The zero-order valence-corrected chi connectivity index (χ0v) is 14.5. The molecule has 1 heterocycles. The molecule has 1 aromatic carbocycles. The van der Waals surface area contributed by atoms with Crippen LogP contribution in [0.25, 0.3) is 5.76 Å². The van der Waals surface area contributed by atoms with Crippen LogP contribution in [0.4, 0.5) is 5.13 Å². The summed E-state index contributed by atoms with van der Waals surface area (Å²) >= 11 is 1.59. The van der Waals surface area contributed by atoms with Gasteiger partial charge in [0.15, 0.2) is 5.78 Å². The van der Waals surface area contributed by atoms with Gasteiger partial charge in [-0.2, -0.15) is 0 Å². The van der Waals surface area contributed by atoms with Gasteiger partial charge in [0.25, 0.3) is 0 Å². The molecule has 0 unspecified atom stereocenters. The van der Waals surface area contributed by atoms with Crippen LogP contribution in [0.1, 0.15) is 42.3 Å². The first-order chi connectivity index (χ1) is 11.6. The van der Waals surface area contributed by atoms with E-state index < -0.39 is 0 Å². The Bertz CT molecular complexity index is 767. The highest BCUT2D eigenvalue weighted by atomic mass is 32.1. The SMILES string of the molecule is CC(=O)C(/C=N/c1nc2c(s1)CCCCC2)=C(/O)c1ccccc1. The minimum atomic E-state index is -0.224. The highest BCUT2D eigenvalue weighted by Gasteiger charge is 2.15. The van der Waals surface area contributed by atoms with Crippen molar-refractivity contribution in [1.82, 2.24) is 4.98 Å². The Morgan fingerprint density at radius 1 is 1.21 bits per heavy atom. The van der Waals surface area contributed by atoms with Gasteiger partial charge in [-0.05, 0) is 32.6 Å². The van der Waals surface area contributed by atoms with Crippen molar-refractivity contribution in [2.45, 2.75) is 39.0 Å². The van der Waals surface area contributed by atoms with Crippen molar-refractivity contribution in [3.05, 3.63) is 52.0 Å². The normalized spacial score (nSPS) is 15.7. The number of hydrogen-bond acceptors (Lipinski definition) is 5. The smallest absolute Gasteiger partial charge is 0.209 e. The van der Waals surface area contributed by atoms with Crippen LogP contribution < -0.4 is 0 Å². The van der Waals surface area contributed by atoms with Crippen molar-refractivity contribution in [2.75, 3.05) is 0 Å². The largest absolute Gasteiger partial charge is 0.507 e. The Labute approximate surface area is 145 Å². The second-order valence-corrected chi connectivity index (χ2v) is 6.93. The number of benzene rings is 1. The van der Waals surface area contributed by atoms with E-state index in [1.165, 1.54) is 37.3 Å². The minimum Gasteiger partial charge on any atom is -0.507 e. The summed E-state index contributed by atoms with van der Waals surface area (Å²) in [6.07, 6.45) is 7.13. The van der Waals surface area contributed by atoms with Crippen LogP contribution >= 0.6 is 11.3 Å². The number of aromatic nitrogens is 1. The average molecular weight is 340 g/mol. The highest BCUT2D eigenvalue weighted by Crippen LogP contribution is 2.30. The molecule has 0 saturated carbocycles. The number of nitrogens with zero attached hydrogens (tertiary/aromatic N) is 2. The Balaban J connectivity index is 1.89. The average Bonchev–Trinajstić information content (AvgIpc) is 2.84. The molecule has 2 aromatic rings. The molecule has 1 N–H and O–H groups in total. The summed E-state index contributed by atoms with van der Waals surface area (Å²) in [6.45, 7) is 1.43. The summed E-state index contributed by atoms with van der Waals surface area (Å²) in [4.78, 5) is 22.1. The molecule has 4 nitrogen and oxygen atoms in total. The molecule has 0 fully saturated rings. The highest BCUT2D eigenvalue weighted by molar-refractivity contribution is 7.15. The van der Waals surface area contributed by atoms with Gasteiger partial charge in [-0.3, -0.25) is 4.79 Å². The van der Waals surface area contributed by atoms with Crippen molar-refractivity contribution in [2.24, 2.45) is 4.99 Å². The molecule has 3 rings (SSSR count). The summed E-state index contributed by atoms with van der Waals surface area (Å²) in [7, 11) is 0. The third-order valence-corrected chi connectivity index (χ3v) is 5.14. The molecular formula is C19H20N2O2S. The minimum absolute atomic E-state index is 0.0510. The Morgan fingerprint density at radius 2 is 1.96 bits per heavy atom. The van der Waals surface area contributed by atoms with Crippen LogP contribution in [0.15, 0.2) is 40.9 Å². The van der Waals surface area contributed by atoms with E-state index >= 15 is 0 Å². The second kappa shape index (κ2) is 7.53. The lowest BCUT2D eigenvalue weighted by Gasteiger charge is -2.03. The number of Topliss-reactive ketones (excluding diaryl/α,β-unsaturated/α-hetero) is 1. The van der Waals surface area contributed by atoms with Gasteiger partial charge in [-0.1, -0.05) is 48.1 Å². The molecule has 0 bridgehead atoms. The summed E-state index contributed by atoms with van der Waals surface area (Å²) < 4.78 is 0. The number of carbonyl (C=O) groups excluding carboxylic acids is 1. The Hall–Kier alpha value is -2.27. The molecule has 124 valence electrons. The van der Waals surface area contributed by atoms with Crippen LogP contribution in [0, 0.1) is 0 Å². The van der Waals surface area contributed by atoms with E-state index in [0.717, 1.165) is 18.5 Å². The lowest BCUT2D eigenvalue weighted by Crippen LogP contribution is -2.02. The molecule has 1 aliphatic rings. The number of aliphatic hydroxyl groups excluding tert-OH is 1. The zero-order chi connectivity index (χ0) is 16.9. The van der Waals surface area contributed by atoms with E-state index in [4.69, 9.17) is 0 Å². The maximum absolute atomic E-state index is 11.9. The van der Waals surface area contributed by atoms with Gasteiger partial charge in [0, 0.05) is 16.7 Å². The summed E-state index contributed by atoms with van der Waals surface area (Å²) in [6, 6.07) is 9.02. The molecule has 0 spiro atoms. The van der Waals surface area contributed by atoms with E-state index in [0.29, 0.717) is 10.7 Å². The van der Waals surface area contributed by atoms with E-state index in [-0.39, 0.29) is 17.1 Å². The predicted molar refractivity (Wildman–Crippen MR) is 98.2 cm³/mol. The molecule has 0 saturated heterocycles. The van der Waals surface area contributed by atoms with Gasteiger partial charge in [0.05, 0.1) is 11.3 Å². The number of thiazole rings is 1. The van der Waals surface area contributed by atoms with E-state index in [2.05, 4.69) is 9.98 Å². The van der Waals surface area contributed by atoms with Gasteiger partial charge >= 0.3 is 0 Å². The molecule has 1 aliphatic carbocycles. The molecule has 0 aliphatic heterocycles. The fraction of sp³-hybridized carbons (Fsp3) is 0.316. The van der Waals surface area contributed by atoms with Crippen molar-refractivity contribution in [1.29, 1.82) is 0 Å². The number of fused-ring (bicyclic) bond motifs is 1. The monoisotopic (exact) mass is 340 g/mol. The van der Waals surface area contributed by atoms with Crippen LogP contribution in [-0.2, 0) is 17.6 Å². The predicted octanol–water partition coefficient (Wildman–Crippen LogP) is 4.67. The first-order valence-corrected chi connectivity index (χ1v) is 8.99. The molecule has 0 atom stereocenters. The van der Waals surface area contributed by atoms with Gasteiger partial charge in [0.1, 0.15) is 5.76 Å². The van der Waals surface area contributed by atoms with E-state index in [1.54, 1.807) is 23.5 Å². The van der Waals surface area contributed by atoms with Gasteiger partial charge in [-0.15, -0.1) is 0 Å². The van der Waals surface area contributed by atoms with Crippen molar-refractivity contribution >= 4 is 34.2 Å².